The van der Waals surface area contributed by atoms with E-state index in [-0.39, 0.29) is 17.9 Å². The molecule has 1 aliphatic carbocycles. The third-order valence-corrected chi connectivity index (χ3v) is 3.51. The van der Waals surface area contributed by atoms with Crippen molar-refractivity contribution < 1.29 is 14.7 Å². The Hall–Kier alpha value is -1.84. The predicted octanol–water partition coefficient (Wildman–Crippen LogP) is 1.98. The fraction of sp³-hybridized carbons (Fsp3) is 0.429. The lowest BCUT2D eigenvalue weighted by Crippen LogP contribution is -2.33. The number of carbonyl (C=O) groups is 2. The zero-order valence-corrected chi connectivity index (χ0v) is 10.3. The summed E-state index contributed by atoms with van der Waals surface area (Å²) in [5, 5.41) is 11.8. The highest BCUT2D eigenvalue weighted by Crippen LogP contribution is 2.26. The fourth-order valence-electron chi connectivity index (χ4n) is 2.43. The number of aliphatic carboxylic acids is 1. The largest absolute Gasteiger partial charge is 0.481 e. The number of carboxylic acids is 1. The van der Waals surface area contributed by atoms with E-state index in [0.29, 0.717) is 18.4 Å². The zero-order chi connectivity index (χ0) is 13.1. The van der Waals surface area contributed by atoms with Crippen LogP contribution >= 0.6 is 0 Å². The van der Waals surface area contributed by atoms with Crippen molar-refractivity contribution in [2.24, 2.45) is 5.92 Å². The van der Waals surface area contributed by atoms with E-state index in [1.165, 1.54) is 0 Å². The number of hydrogen-bond acceptors (Lipinski definition) is 2. The van der Waals surface area contributed by atoms with Crippen molar-refractivity contribution >= 4 is 11.9 Å². The van der Waals surface area contributed by atoms with Gasteiger partial charge in [-0.25, -0.2) is 0 Å². The lowest BCUT2D eigenvalue weighted by molar-refractivity contribution is -0.141. The second-order valence-corrected chi connectivity index (χ2v) is 4.83. The fourth-order valence-corrected chi connectivity index (χ4v) is 2.43. The predicted molar refractivity (Wildman–Crippen MR) is 67.4 cm³/mol. The first kappa shape index (κ1) is 12.6. The summed E-state index contributed by atoms with van der Waals surface area (Å²) >= 11 is 0. The van der Waals surface area contributed by atoms with E-state index < -0.39 is 5.97 Å². The van der Waals surface area contributed by atoms with Crippen LogP contribution in [0.15, 0.2) is 24.3 Å². The lowest BCUT2D eigenvalue weighted by atomic mass is 10.1. The molecule has 1 aromatic carbocycles. The molecule has 4 nitrogen and oxygen atoms in total. The van der Waals surface area contributed by atoms with Gasteiger partial charge in [-0.3, -0.25) is 9.59 Å². The lowest BCUT2D eigenvalue weighted by Gasteiger charge is -2.13. The quantitative estimate of drug-likeness (QED) is 0.858. The molecule has 18 heavy (non-hydrogen) atoms. The van der Waals surface area contributed by atoms with Gasteiger partial charge in [0.15, 0.2) is 0 Å². The van der Waals surface area contributed by atoms with Crippen LogP contribution in [0.4, 0.5) is 0 Å². The van der Waals surface area contributed by atoms with Gasteiger partial charge >= 0.3 is 5.97 Å². The van der Waals surface area contributed by atoms with E-state index in [2.05, 4.69) is 5.32 Å². The van der Waals surface area contributed by atoms with E-state index in [9.17, 15) is 9.59 Å². The van der Waals surface area contributed by atoms with Crippen molar-refractivity contribution in [2.75, 3.05) is 0 Å². The van der Waals surface area contributed by atoms with Gasteiger partial charge in [0.1, 0.15) is 0 Å². The summed E-state index contributed by atoms with van der Waals surface area (Å²) < 4.78 is 0. The maximum Gasteiger partial charge on any atom is 0.306 e. The average molecular weight is 247 g/mol. The number of rotatable bonds is 3. The number of hydrogen-bond donors (Lipinski definition) is 2. The SMILES string of the molecule is Cc1ccccc1C(=O)NC1CCC(C(=O)O)C1. The summed E-state index contributed by atoms with van der Waals surface area (Å²) in [5.41, 5.74) is 1.60. The summed E-state index contributed by atoms with van der Waals surface area (Å²) in [5.74, 6) is -1.18. The molecule has 1 aromatic rings. The number of carbonyl (C=O) groups excluding carboxylic acids is 1. The zero-order valence-electron chi connectivity index (χ0n) is 10.3. The molecule has 2 unspecified atom stereocenters. The molecule has 0 aliphatic heterocycles. The average Bonchev–Trinajstić information content (AvgIpc) is 2.78. The van der Waals surface area contributed by atoms with E-state index in [1.54, 1.807) is 6.07 Å². The van der Waals surface area contributed by atoms with Gasteiger partial charge in [-0.2, -0.15) is 0 Å². The molecule has 0 bridgehead atoms. The highest BCUT2D eigenvalue weighted by molar-refractivity contribution is 5.95. The molecule has 0 radical (unpaired) electrons. The Labute approximate surface area is 106 Å². The van der Waals surface area contributed by atoms with Crippen LogP contribution in [0.3, 0.4) is 0 Å². The molecule has 1 saturated carbocycles. The minimum atomic E-state index is -0.761. The van der Waals surface area contributed by atoms with Gasteiger partial charge in [0.2, 0.25) is 0 Å². The van der Waals surface area contributed by atoms with Crippen LogP contribution < -0.4 is 5.32 Å². The highest BCUT2D eigenvalue weighted by atomic mass is 16.4. The molecule has 96 valence electrons. The normalized spacial score (nSPS) is 22.7. The molecule has 1 amide bonds. The molecule has 0 aromatic heterocycles. The van der Waals surface area contributed by atoms with E-state index in [0.717, 1.165) is 12.0 Å². The summed E-state index contributed by atoms with van der Waals surface area (Å²) in [6, 6.07) is 7.38. The summed E-state index contributed by atoms with van der Waals surface area (Å²) in [4.78, 5) is 22.9. The Morgan fingerprint density at radius 2 is 2.00 bits per heavy atom. The van der Waals surface area contributed by atoms with Gasteiger partial charge in [0.25, 0.3) is 5.91 Å². The maximum atomic E-state index is 12.0. The van der Waals surface area contributed by atoms with Gasteiger partial charge < -0.3 is 10.4 Å². The van der Waals surface area contributed by atoms with Gasteiger partial charge in [-0.15, -0.1) is 0 Å². The number of carboxylic acid groups (broad SMARTS) is 1. The number of aryl methyl sites for hydroxylation is 1. The topological polar surface area (TPSA) is 66.4 Å². The molecule has 0 saturated heterocycles. The molecule has 2 rings (SSSR count). The van der Waals surface area contributed by atoms with Crippen LogP contribution in [0.1, 0.15) is 35.2 Å². The smallest absolute Gasteiger partial charge is 0.306 e. The first-order chi connectivity index (χ1) is 8.58. The third-order valence-electron chi connectivity index (χ3n) is 3.51. The Morgan fingerprint density at radius 1 is 1.28 bits per heavy atom. The molecular formula is C14H17NO3. The van der Waals surface area contributed by atoms with Crippen LogP contribution in [0.5, 0.6) is 0 Å². The molecule has 0 heterocycles. The third kappa shape index (κ3) is 2.70. The molecule has 1 fully saturated rings. The van der Waals surface area contributed by atoms with Crippen molar-refractivity contribution in [2.45, 2.75) is 32.2 Å². The minimum absolute atomic E-state index is 0.0155. The Balaban J connectivity index is 1.97. The monoisotopic (exact) mass is 247 g/mol. The summed E-state index contributed by atoms with van der Waals surface area (Å²) in [6.07, 6.45) is 1.93. The van der Waals surface area contributed by atoms with Gasteiger partial charge in [0, 0.05) is 11.6 Å². The molecule has 0 spiro atoms. The molecule has 1 aliphatic rings. The van der Waals surface area contributed by atoms with Crippen molar-refractivity contribution in [1.82, 2.24) is 5.32 Å². The van der Waals surface area contributed by atoms with Gasteiger partial charge in [0.05, 0.1) is 5.92 Å². The van der Waals surface area contributed by atoms with Crippen molar-refractivity contribution in [3.8, 4) is 0 Å². The number of nitrogens with one attached hydrogen (secondary N) is 1. The van der Waals surface area contributed by atoms with E-state index in [4.69, 9.17) is 5.11 Å². The van der Waals surface area contributed by atoms with Crippen molar-refractivity contribution in [3.63, 3.8) is 0 Å². The second-order valence-electron chi connectivity index (χ2n) is 4.83. The number of benzene rings is 1. The first-order valence-corrected chi connectivity index (χ1v) is 6.17. The van der Waals surface area contributed by atoms with Gasteiger partial charge in [-0.05, 0) is 37.8 Å². The van der Waals surface area contributed by atoms with Gasteiger partial charge in [-0.1, -0.05) is 18.2 Å². The summed E-state index contributed by atoms with van der Waals surface area (Å²) in [6.45, 7) is 1.89. The summed E-state index contributed by atoms with van der Waals surface area (Å²) in [7, 11) is 0. The van der Waals surface area contributed by atoms with Crippen LogP contribution in [-0.4, -0.2) is 23.0 Å². The van der Waals surface area contributed by atoms with Crippen molar-refractivity contribution in [3.05, 3.63) is 35.4 Å². The van der Waals surface area contributed by atoms with Crippen LogP contribution in [0, 0.1) is 12.8 Å². The Bertz CT molecular complexity index is 470. The second kappa shape index (κ2) is 5.21. The van der Waals surface area contributed by atoms with E-state index >= 15 is 0 Å². The van der Waals surface area contributed by atoms with Crippen LogP contribution in [0.2, 0.25) is 0 Å². The highest BCUT2D eigenvalue weighted by Gasteiger charge is 2.30. The maximum absolute atomic E-state index is 12.0. The Kier molecular flexibility index (Phi) is 3.65. The Morgan fingerprint density at radius 3 is 2.61 bits per heavy atom. The number of amides is 1. The van der Waals surface area contributed by atoms with Crippen LogP contribution in [-0.2, 0) is 4.79 Å². The molecule has 2 atom stereocenters. The molecule has 4 heteroatoms. The minimum Gasteiger partial charge on any atom is -0.481 e. The molecular weight excluding hydrogens is 230 g/mol. The molecule has 2 N–H and O–H groups in total. The van der Waals surface area contributed by atoms with Crippen molar-refractivity contribution in [1.29, 1.82) is 0 Å². The standard InChI is InChI=1S/C14H17NO3/c1-9-4-2-3-5-12(9)13(16)15-11-7-6-10(8-11)14(17)18/h2-5,10-11H,6-8H2,1H3,(H,15,16)(H,17,18). The van der Waals surface area contributed by atoms with E-state index in [1.807, 2.05) is 25.1 Å². The van der Waals surface area contributed by atoms with Crippen LogP contribution in [0.25, 0.3) is 0 Å². The first-order valence-electron chi connectivity index (χ1n) is 6.17.